The lowest BCUT2D eigenvalue weighted by Crippen LogP contribution is -1.88. The Labute approximate surface area is 74.3 Å². The van der Waals surface area contributed by atoms with Gasteiger partial charge in [0, 0.05) is 0 Å². The molecule has 0 aromatic carbocycles. The molecule has 0 unspecified atom stereocenters. The van der Waals surface area contributed by atoms with Gasteiger partial charge in [-0.15, -0.1) is 0 Å². The lowest BCUT2D eigenvalue weighted by molar-refractivity contribution is 0.936. The molecule has 0 aliphatic heterocycles. The normalized spacial score (nSPS) is 10.4. The zero-order chi connectivity index (χ0) is 8.55. The van der Waals surface area contributed by atoms with Gasteiger partial charge in [-0.2, -0.15) is 5.10 Å². The van der Waals surface area contributed by atoms with Crippen molar-refractivity contribution in [2.75, 3.05) is 0 Å². The Morgan fingerprint density at radius 1 is 1.50 bits per heavy atom. The quantitative estimate of drug-likeness (QED) is 0.671. The maximum Gasteiger partial charge on any atom is 0.154 e. The van der Waals surface area contributed by atoms with Gasteiger partial charge in [0.05, 0.1) is 11.9 Å². The molecule has 12 heavy (non-hydrogen) atoms. The number of halogens is 1. The maximum atomic E-state index is 5.69. The molecule has 60 valence electrons. The highest BCUT2D eigenvalue weighted by Gasteiger charge is 1.98. The minimum Gasteiger partial charge on any atom is -0.228 e. The van der Waals surface area contributed by atoms with Crippen molar-refractivity contribution in [3.8, 4) is 0 Å². The van der Waals surface area contributed by atoms with Crippen LogP contribution in [0.1, 0.15) is 5.69 Å². The molecule has 0 saturated heterocycles. The number of fused-ring (bicyclic) bond motifs is 1. The molecule has 2 aromatic rings. The average Bonchev–Trinajstić information content (AvgIpc) is 2.46. The van der Waals surface area contributed by atoms with E-state index >= 15 is 0 Å². The molecule has 2 aromatic heterocycles. The third-order valence-corrected chi connectivity index (χ3v) is 1.72. The van der Waals surface area contributed by atoms with Crippen LogP contribution in [0.3, 0.4) is 0 Å². The Kier molecular flexibility index (Phi) is 1.59. The molecule has 0 N–H and O–H groups in total. The Bertz CT molecular complexity index is 433. The summed E-state index contributed by atoms with van der Waals surface area (Å²) in [4.78, 5) is 4.20. The zero-order valence-electron chi connectivity index (χ0n) is 6.24. The van der Waals surface area contributed by atoms with E-state index in [1.807, 2.05) is 6.07 Å². The number of imidazole rings is 1. The highest BCUT2D eigenvalue weighted by molar-refractivity contribution is 6.29. The van der Waals surface area contributed by atoms with Gasteiger partial charge in [0.2, 0.25) is 0 Å². The van der Waals surface area contributed by atoms with Crippen LogP contribution in [0, 0.1) is 0 Å². The summed E-state index contributed by atoms with van der Waals surface area (Å²) in [5.74, 6) is 0. The summed E-state index contributed by atoms with van der Waals surface area (Å²) in [6.07, 6.45) is 3.44. The van der Waals surface area contributed by atoms with Crippen LogP contribution in [-0.2, 0) is 0 Å². The first kappa shape index (κ1) is 7.31. The molecular weight excluding hydrogens is 174 g/mol. The van der Waals surface area contributed by atoms with Gasteiger partial charge in [0.25, 0.3) is 0 Å². The van der Waals surface area contributed by atoms with E-state index in [1.54, 1.807) is 22.9 Å². The minimum absolute atomic E-state index is 0.454. The number of hydrogen-bond acceptors (Lipinski definition) is 2. The second kappa shape index (κ2) is 2.60. The molecule has 0 spiro atoms. The van der Waals surface area contributed by atoms with Gasteiger partial charge in [-0.25, -0.2) is 9.50 Å². The third-order valence-electron chi connectivity index (χ3n) is 1.52. The summed E-state index contributed by atoms with van der Waals surface area (Å²) in [5.41, 5.74) is 1.57. The first-order chi connectivity index (χ1) is 5.79. The van der Waals surface area contributed by atoms with E-state index < -0.39 is 0 Å². The summed E-state index contributed by atoms with van der Waals surface area (Å²) in [5, 5.41) is 4.47. The largest absolute Gasteiger partial charge is 0.228 e. The molecule has 2 rings (SSSR count). The van der Waals surface area contributed by atoms with Gasteiger partial charge >= 0.3 is 0 Å². The van der Waals surface area contributed by atoms with Crippen molar-refractivity contribution in [2.24, 2.45) is 0 Å². The Hall–Kier alpha value is -1.35. The molecule has 2 heterocycles. The van der Waals surface area contributed by atoms with Crippen LogP contribution in [0.5, 0.6) is 0 Å². The Morgan fingerprint density at radius 3 is 3.08 bits per heavy atom. The van der Waals surface area contributed by atoms with Crippen molar-refractivity contribution >= 4 is 23.3 Å². The molecule has 3 nitrogen and oxygen atoms in total. The topological polar surface area (TPSA) is 30.2 Å². The molecule has 4 heteroatoms. The standard InChI is InChI=1S/C8H6ClN3/c1-2-6-5-12-8(10-6)4-3-7(9)11-12/h2-5H,1H2. The van der Waals surface area contributed by atoms with Crippen LogP contribution in [0.4, 0.5) is 0 Å². The molecule has 0 aliphatic rings. The molecule has 0 atom stereocenters. The summed E-state index contributed by atoms with van der Waals surface area (Å²) < 4.78 is 1.62. The molecular formula is C8H6ClN3. The summed E-state index contributed by atoms with van der Waals surface area (Å²) >= 11 is 5.69. The molecule has 0 saturated carbocycles. The van der Waals surface area contributed by atoms with Crippen molar-refractivity contribution in [1.29, 1.82) is 0 Å². The van der Waals surface area contributed by atoms with Gasteiger partial charge in [-0.3, -0.25) is 0 Å². The Balaban J connectivity index is 2.75. The van der Waals surface area contributed by atoms with E-state index in [9.17, 15) is 0 Å². The minimum atomic E-state index is 0.454. The smallest absolute Gasteiger partial charge is 0.154 e. The average molecular weight is 180 g/mol. The number of nitrogens with zero attached hydrogens (tertiary/aromatic N) is 3. The van der Waals surface area contributed by atoms with Crippen molar-refractivity contribution in [3.05, 3.63) is 35.8 Å². The fourth-order valence-electron chi connectivity index (χ4n) is 0.975. The third kappa shape index (κ3) is 1.08. The fourth-order valence-corrected chi connectivity index (χ4v) is 1.12. The van der Waals surface area contributed by atoms with E-state index in [4.69, 9.17) is 11.6 Å². The Morgan fingerprint density at radius 2 is 2.33 bits per heavy atom. The second-order valence-corrected chi connectivity index (χ2v) is 2.72. The zero-order valence-corrected chi connectivity index (χ0v) is 6.99. The van der Waals surface area contributed by atoms with Gasteiger partial charge in [0.15, 0.2) is 5.65 Å². The first-order valence-corrected chi connectivity index (χ1v) is 3.82. The number of aromatic nitrogens is 3. The lowest BCUT2D eigenvalue weighted by atomic mass is 10.5. The van der Waals surface area contributed by atoms with E-state index in [1.165, 1.54) is 0 Å². The monoisotopic (exact) mass is 179 g/mol. The predicted molar refractivity (Wildman–Crippen MR) is 48.1 cm³/mol. The van der Waals surface area contributed by atoms with Crippen LogP contribution >= 0.6 is 11.6 Å². The van der Waals surface area contributed by atoms with Gasteiger partial charge in [-0.05, 0) is 18.2 Å². The maximum absolute atomic E-state index is 5.69. The first-order valence-electron chi connectivity index (χ1n) is 3.44. The predicted octanol–water partition coefficient (Wildman–Crippen LogP) is 2.03. The van der Waals surface area contributed by atoms with Crippen LogP contribution in [-0.4, -0.2) is 14.6 Å². The van der Waals surface area contributed by atoms with Crippen LogP contribution in [0.15, 0.2) is 24.9 Å². The fraction of sp³-hybridized carbons (Fsp3) is 0. The van der Waals surface area contributed by atoms with Crippen molar-refractivity contribution < 1.29 is 0 Å². The van der Waals surface area contributed by atoms with Gasteiger partial charge < -0.3 is 0 Å². The molecule has 0 fully saturated rings. The second-order valence-electron chi connectivity index (χ2n) is 2.33. The highest BCUT2D eigenvalue weighted by Crippen LogP contribution is 2.08. The van der Waals surface area contributed by atoms with Crippen molar-refractivity contribution in [2.45, 2.75) is 0 Å². The summed E-state index contributed by atoms with van der Waals surface area (Å²) in [6, 6.07) is 3.51. The number of hydrogen-bond donors (Lipinski definition) is 0. The summed E-state index contributed by atoms with van der Waals surface area (Å²) in [7, 11) is 0. The number of rotatable bonds is 1. The lowest BCUT2D eigenvalue weighted by Gasteiger charge is -1.89. The SMILES string of the molecule is C=Cc1cn2nc(Cl)ccc2n1. The highest BCUT2D eigenvalue weighted by atomic mass is 35.5. The summed E-state index contributed by atoms with van der Waals surface area (Å²) in [6.45, 7) is 3.61. The van der Waals surface area contributed by atoms with E-state index in [-0.39, 0.29) is 0 Å². The van der Waals surface area contributed by atoms with Crippen LogP contribution in [0.25, 0.3) is 11.7 Å². The van der Waals surface area contributed by atoms with Gasteiger partial charge in [-0.1, -0.05) is 18.2 Å². The van der Waals surface area contributed by atoms with Crippen LogP contribution < -0.4 is 0 Å². The van der Waals surface area contributed by atoms with Crippen molar-refractivity contribution in [1.82, 2.24) is 14.6 Å². The molecule has 0 amide bonds. The van der Waals surface area contributed by atoms with Crippen molar-refractivity contribution in [3.63, 3.8) is 0 Å². The molecule has 0 aliphatic carbocycles. The molecule has 0 radical (unpaired) electrons. The van der Waals surface area contributed by atoms with E-state index in [0.717, 1.165) is 11.3 Å². The van der Waals surface area contributed by atoms with E-state index in [2.05, 4.69) is 16.7 Å². The molecule has 0 bridgehead atoms. The van der Waals surface area contributed by atoms with Crippen LogP contribution in [0.2, 0.25) is 5.15 Å². The van der Waals surface area contributed by atoms with E-state index in [0.29, 0.717) is 5.15 Å². The van der Waals surface area contributed by atoms with Gasteiger partial charge in [0.1, 0.15) is 5.15 Å².